The molecule has 2 N–H and O–H groups in total. The van der Waals surface area contributed by atoms with Gasteiger partial charge in [-0.25, -0.2) is 0 Å². The van der Waals surface area contributed by atoms with Crippen LogP contribution in [0.2, 0.25) is 0 Å². The molecular formula is C26H31NO3. The van der Waals surface area contributed by atoms with Crippen LogP contribution in [0.15, 0.2) is 65.9 Å². The first-order valence-corrected chi connectivity index (χ1v) is 10.6. The Bertz CT molecular complexity index is 936. The molecule has 0 radical (unpaired) electrons. The molecule has 2 unspecified atom stereocenters. The summed E-state index contributed by atoms with van der Waals surface area (Å²) in [5.74, 6) is -1.27. The molecule has 1 aliphatic heterocycles. The predicted molar refractivity (Wildman–Crippen MR) is 119 cm³/mol. The number of hydrogen-bond donors (Lipinski definition) is 2. The molecule has 0 saturated carbocycles. The monoisotopic (exact) mass is 405 g/mol. The predicted octanol–water partition coefficient (Wildman–Crippen LogP) is 4.68. The van der Waals surface area contributed by atoms with Gasteiger partial charge in [0.1, 0.15) is 11.3 Å². The third kappa shape index (κ3) is 4.99. The van der Waals surface area contributed by atoms with Gasteiger partial charge in [-0.05, 0) is 41.4 Å². The fourth-order valence-electron chi connectivity index (χ4n) is 3.83. The van der Waals surface area contributed by atoms with E-state index in [1.165, 1.54) is 5.56 Å². The summed E-state index contributed by atoms with van der Waals surface area (Å²) >= 11 is 0. The highest BCUT2D eigenvalue weighted by Crippen LogP contribution is 2.26. The van der Waals surface area contributed by atoms with Gasteiger partial charge in [0.25, 0.3) is 5.91 Å². The molecule has 2 aromatic carbocycles. The highest BCUT2D eigenvalue weighted by Gasteiger charge is 2.37. The van der Waals surface area contributed by atoms with Crippen LogP contribution in [0, 0.1) is 5.92 Å². The Balaban J connectivity index is 1.66. The molecule has 2 atom stereocenters. The van der Waals surface area contributed by atoms with E-state index in [0.717, 1.165) is 11.1 Å². The lowest BCUT2D eigenvalue weighted by atomic mass is 9.85. The average molecular weight is 406 g/mol. The van der Waals surface area contributed by atoms with Crippen LogP contribution in [0.25, 0.3) is 0 Å². The largest absolute Gasteiger partial charge is 0.509 e. The summed E-state index contributed by atoms with van der Waals surface area (Å²) in [5.41, 5.74) is 3.41. The summed E-state index contributed by atoms with van der Waals surface area (Å²) in [6.45, 7) is 8.30. The van der Waals surface area contributed by atoms with Gasteiger partial charge in [-0.1, -0.05) is 82.3 Å². The fraction of sp³-hybridized carbons (Fsp3) is 0.385. The summed E-state index contributed by atoms with van der Waals surface area (Å²) in [6, 6.07) is 17.6. The zero-order valence-electron chi connectivity index (χ0n) is 18.2. The van der Waals surface area contributed by atoms with Gasteiger partial charge in [-0.3, -0.25) is 9.59 Å². The highest BCUT2D eigenvalue weighted by molar-refractivity contribution is 6.22. The molecule has 0 aliphatic carbocycles. The topological polar surface area (TPSA) is 66.4 Å². The van der Waals surface area contributed by atoms with Crippen LogP contribution in [0.3, 0.4) is 0 Å². The summed E-state index contributed by atoms with van der Waals surface area (Å²) in [4.78, 5) is 25.3. The van der Waals surface area contributed by atoms with E-state index >= 15 is 0 Å². The van der Waals surface area contributed by atoms with E-state index in [0.29, 0.717) is 19.3 Å². The molecule has 3 rings (SSSR count). The van der Waals surface area contributed by atoms with Gasteiger partial charge < -0.3 is 10.4 Å². The Hall–Kier alpha value is -2.88. The number of rotatable bonds is 7. The van der Waals surface area contributed by atoms with Crippen molar-refractivity contribution in [2.75, 3.05) is 0 Å². The number of benzene rings is 2. The Kier molecular flexibility index (Phi) is 6.45. The maximum absolute atomic E-state index is 12.9. The summed E-state index contributed by atoms with van der Waals surface area (Å²) in [6.07, 6.45) is 1.80. The second-order valence-corrected chi connectivity index (χ2v) is 9.23. The molecular weight excluding hydrogens is 374 g/mol. The van der Waals surface area contributed by atoms with E-state index in [1.54, 1.807) is 0 Å². The lowest BCUT2D eigenvalue weighted by Crippen LogP contribution is -2.30. The molecule has 2 aromatic rings. The molecule has 0 bridgehead atoms. The van der Waals surface area contributed by atoms with Crippen molar-refractivity contribution < 1.29 is 14.7 Å². The number of Topliss-reactive ketones (excluding diaryl/α,β-unsaturated/α-hetero) is 1. The van der Waals surface area contributed by atoms with E-state index < -0.39 is 11.9 Å². The fourth-order valence-corrected chi connectivity index (χ4v) is 3.83. The van der Waals surface area contributed by atoms with Crippen molar-refractivity contribution in [3.63, 3.8) is 0 Å². The number of amides is 1. The van der Waals surface area contributed by atoms with E-state index in [-0.39, 0.29) is 28.4 Å². The van der Waals surface area contributed by atoms with Gasteiger partial charge in [0.2, 0.25) is 0 Å². The summed E-state index contributed by atoms with van der Waals surface area (Å²) in [5, 5.41) is 13.3. The minimum atomic E-state index is -0.505. The number of ketones is 1. The van der Waals surface area contributed by atoms with Crippen LogP contribution < -0.4 is 5.32 Å². The smallest absolute Gasteiger partial charge is 0.259 e. The van der Waals surface area contributed by atoms with Crippen molar-refractivity contribution in [2.45, 2.75) is 58.4 Å². The standard InChI is InChI=1S/C26H31NO3/c1-17(16-19-10-13-20(14-11-19)26(2,3)4)23(28)22-24(29)21(27-25(22)30)15-12-18-8-6-5-7-9-18/h5-11,13-14,17,21,29H,12,15-16H2,1-4H3,(H,27,30). The van der Waals surface area contributed by atoms with Crippen LogP contribution in [0.5, 0.6) is 0 Å². The lowest BCUT2D eigenvalue weighted by Gasteiger charge is -2.19. The minimum Gasteiger partial charge on any atom is -0.509 e. The number of aliphatic hydroxyl groups is 1. The van der Waals surface area contributed by atoms with Crippen LogP contribution in [0.1, 0.15) is 50.8 Å². The average Bonchev–Trinajstić information content (AvgIpc) is 2.99. The molecule has 1 aliphatic rings. The van der Waals surface area contributed by atoms with Gasteiger partial charge >= 0.3 is 0 Å². The quantitative estimate of drug-likeness (QED) is 0.658. The molecule has 0 spiro atoms. The number of nitrogens with one attached hydrogen (secondary N) is 1. The number of carbonyl (C=O) groups excluding carboxylic acids is 2. The maximum atomic E-state index is 12.9. The van der Waals surface area contributed by atoms with Crippen molar-refractivity contribution in [1.29, 1.82) is 0 Å². The summed E-state index contributed by atoms with van der Waals surface area (Å²) < 4.78 is 0. The molecule has 0 fully saturated rings. The van der Waals surface area contributed by atoms with Crippen LogP contribution in [-0.4, -0.2) is 22.8 Å². The van der Waals surface area contributed by atoms with E-state index in [1.807, 2.05) is 49.4 Å². The van der Waals surface area contributed by atoms with Gasteiger partial charge in [-0.2, -0.15) is 0 Å². The molecule has 4 heteroatoms. The Morgan fingerprint density at radius 1 is 1.03 bits per heavy atom. The molecule has 4 nitrogen and oxygen atoms in total. The SMILES string of the molecule is CC(Cc1ccc(C(C)(C)C)cc1)C(=O)C1=C(O)C(CCc2ccccc2)NC1=O. The number of hydrogen-bond acceptors (Lipinski definition) is 3. The second-order valence-electron chi connectivity index (χ2n) is 9.23. The zero-order chi connectivity index (χ0) is 21.9. The first-order chi connectivity index (χ1) is 14.2. The Morgan fingerprint density at radius 3 is 2.27 bits per heavy atom. The first-order valence-electron chi connectivity index (χ1n) is 10.6. The van der Waals surface area contributed by atoms with Gasteiger partial charge in [0.05, 0.1) is 6.04 Å². The molecule has 1 heterocycles. The summed E-state index contributed by atoms with van der Waals surface area (Å²) in [7, 11) is 0. The number of aryl methyl sites for hydroxylation is 1. The maximum Gasteiger partial charge on any atom is 0.259 e. The molecule has 158 valence electrons. The number of carbonyl (C=O) groups is 2. The Morgan fingerprint density at radius 2 is 1.67 bits per heavy atom. The van der Waals surface area contributed by atoms with Crippen molar-refractivity contribution in [2.24, 2.45) is 5.92 Å². The molecule has 30 heavy (non-hydrogen) atoms. The Labute approximate surface area is 179 Å². The first kappa shape index (κ1) is 21.8. The van der Waals surface area contributed by atoms with Crippen LogP contribution >= 0.6 is 0 Å². The number of aliphatic hydroxyl groups excluding tert-OH is 1. The van der Waals surface area contributed by atoms with E-state index in [4.69, 9.17) is 0 Å². The minimum absolute atomic E-state index is 0.0767. The van der Waals surface area contributed by atoms with Crippen LogP contribution in [-0.2, 0) is 27.8 Å². The zero-order valence-corrected chi connectivity index (χ0v) is 18.2. The molecule has 0 saturated heterocycles. The third-order valence-electron chi connectivity index (χ3n) is 5.74. The third-order valence-corrected chi connectivity index (χ3v) is 5.74. The molecule has 0 aromatic heterocycles. The lowest BCUT2D eigenvalue weighted by molar-refractivity contribution is -0.123. The van der Waals surface area contributed by atoms with Crippen molar-refractivity contribution in [1.82, 2.24) is 5.32 Å². The van der Waals surface area contributed by atoms with Gasteiger partial charge in [-0.15, -0.1) is 0 Å². The van der Waals surface area contributed by atoms with Crippen LogP contribution in [0.4, 0.5) is 0 Å². The highest BCUT2D eigenvalue weighted by atomic mass is 16.3. The van der Waals surface area contributed by atoms with Crippen molar-refractivity contribution >= 4 is 11.7 Å². The van der Waals surface area contributed by atoms with Gasteiger partial charge in [0, 0.05) is 5.92 Å². The molecule has 1 amide bonds. The normalized spacial score (nSPS) is 17.7. The van der Waals surface area contributed by atoms with E-state index in [9.17, 15) is 14.7 Å². The van der Waals surface area contributed by atoms with Gasteiger partial charge in [0.15, 0.2) is 5.78 Å². The van der Waals surface area contributed by atoms with E-state index in [2.05, 4.69) is 38.2 Å². The second kappa shape index (κ2) is 8.86. The van der Waals surface area contributed by atoms with Crippen molar-refractivity contribution in [3.05, 3.63) is 82.6 Å². The van der Waals surface area contributed by atoms with Crippen molar-refractivity contribution in [3.8, 4) is 0 Å².